The summed E-state index contributed by atoms with van der Waals surface area (Å²) >= 11 is 7.85. The van der Waals surface area contributed by atoms with E-state index in [1.165, 1.54) is 4.88 Å². The molecule has 0 saturated carbocycles. The van der Waals surface area contributed by atoms with E-state index in [0.29, 0.717) is 5.28 Å². The van der Waals surface area contributed by atoms with E-state index < -0.39 is 0 Å². The summed E-state index contributed by atoms with van der Waals surface area (Å²) in [4.78, 5) is 1.30. The first kappa shape index (κ1) is 11.6. The summed E-state index contributed by atoms with van der Waals surface area (Å²) in [6.45, 7) is 4.22. The first-order valence-corrected chi connectivity index (χ1v) is 6.66. The molecule has 0 aliphatic heterocycles. The number of nitrogens with zero attached hydrogens (tertiary/aromatic N) is 3. The molecule has 0 aliphatic rings. The molecular weight excluding hydrogens is 242 g/mol. The van der Waals surface area contributed by atoms with Crippen molar-refractivity contribution in [3.63, 3.8) is 0 Å². The van der Waals surface area contributed by atoms with Crippen molar-refractivity contribution in [1.29, 1.82) is 0 Å². The largest absolute Gasteiger partial charge is 0.293 e. The molecule has 16 heavy (non-hydrogen) atoms. The molecule has 2 heterocycles. The van der Waals surface area contributed by atoms with Crippen molar-refractivity contribution < 1.29 is 0 Å². The van der Waals surface area contributed by atoms with Crippen LogP contribution in [0.3, 0.4) is 0 Å². The maximum atomic E-state index is 6.11. The minimum atomic E-state index is 0.262. The fourth-order valence-corrected chi connectivity index (χ4v) is 3.00. The van der Waals surface area contributed by atoms with Gasteiger partial charge in [0.2, 0.25) is 5.28 Å². The highest BCUT2D eigenvalue weighted by Gasteiger charge is 2.19. The van der Waals surface area contributed by atoms with Crippen molar-refractivity contribution >= 4 is 22.9 Å². The summed E-state index contributed by atoms with van der Waals surface area (Å²) in [7, 11) is 0. The molecule has 2 rings (SSSR count). The van der Waals surface area contributed by atoms with Gasteiger partial charge < -0.3 is 0 Å². The van der Waals surface area contributed by atoms with Crippen LogP contribution < -0.4 is 0 Å². The normalized spacial score (nSPS) is 12.9. The van der Waals surface area contributed by atoms with Crippen LogP contribution in [0.5, 0.6) is 0 Å². The molecule has 0 aromatic carbocycles. The zero-order valence-electron chi connectivity index (χ0n) is 9.35. The van der Waals surface area contributed by atoms with E-state index >= 15 is 0 Å². The average Bonchev–Trinajstić information content (AvgIpc) is 2.91. The molecule has 0 spiro atoms. The Labute approximate surface area is 104 Å². The van der Waals surface area contributed by atoms with Gasteiger partial charge in [-0.15, -0.1) is 21.5 Å². The predicted molar refractivity (Wildman–Crippen MR) is 67.2 cm³/mol. The van der Waals surface area contributed by atoms with Gasteiger partial charge in [0.1, 0.15) is 5.82 Å². The number of hydrogen-bond donors (Lipinski definition) is 0. The van der Waals surface area contributed by atoms with Gasteiger partial charge in [-0.3, -0.25) is 4.57 Å². The van der Waals surface area contributed by atoms with Crippen molar-refractivity contribution in [2.24, 2.45) is 0 Å². The van der Waals surface area contributed by atoms with Crippen LogP contribution in [0.1, 0.15) is 37.0 Å². The first-order valence-electron chi connectivity index (χ1n) is 5.40. The molecule has 1 unspecified atom stereocenters. The second-order valence-corrected chi connectivity index (χ2v) is 4.87. The van der Waals surface area contributed by atoms with Crippen LogP contribution in [0.4, 0.5) is 0 Å². The average molecular weight is 256 g/mol. The second-order valence-electron chi connectivity index (χ2n) is 3.55. The molecule has 0 aliphatic carbocycles. The van der Waals surface area contributed by atoms with Crippen LogP contribution in [-0.2, 0) is 6.42 Å². The topological polar surface area (TPSA) is 30.7 Å². The van der Waals surface area contributed by atoms with E-state index in [-0.39, 0.29) is 6.04 Å². The third-order valence-electron chi connectivity index (χ3n) is 2.61. The second kappa shape index (κ2) is 4.97. The standard InChI is InChI=1S/C11H14ClN3S/c1-3-8(9-6-5-7-16-9)15-10(4-2)13-14-11(15)12/h5-8H,3-4H2,1-2H3. The minimum absolute atomic E-state index is 0.262. The highest BCUT2D eigenvalue weighted by atomic mass is 35.5. The molecule has 0 amide bonds. The van der Waals surface area contributed by atoms with Crippen LogP contribution in [0.15, 0.2) is 17.5 Å². The Morgan fingerprint density at radius 1 is 1.44 bits per heavy atom. The maximum absolute atomic E-state index is 6.11. The van der Waals surface area contributed by atoms with Crippen molar-refractivity contribution in [1.82, 2.24) is 14.8 Å². The molecule has 3 nitrogen and oxygen atoms in total. The lowest BCUT2D eigenvalue weighted by atomic mass is 10.2. The van der Waals surface area contributed by atoms with E-state index in [1.54, 1.807) is 11.3 Å². The third-order valence-corrected chi connectivity index (χ3v) is 3.84. The van der Waals surface area contributed by atoms with E-state index in [1.807, 2.05) is 4.57 Å². The Morgan fingerprint density at radius 3 is 2.81 bits per heavy atom. The maximum Gasteiger partial charge on any atom is 0.225 e. The van der Waals surface area contributed by atoms with Gasteiger partial charge >= 0.3 is 0 Å². The molecule has 0 radical (unpaired) electrons. The lowest BCUT2D eigenvalue weighted by molar-refractivity contribution is 0.552. The van der Waals surface area contributed by atoms with Gasteiger partial charge in [-0.1, -0.05) is 19.9 Å². The van der Waals surface area contributed by atoms with Gasteiger partial charge in [0.25, 0.3) is 0 Å². The first-order chi connectivity index (χ1) is 7.77. The molecule has 86 valence electrons. The van der Waals surface area contributed by atoms with Crippen molar-refractivity contribution in [2.75, 3.05) is 0 Å². The van der Waals surface area contributed by atoms with E-state index in [0.717, 1.165) is 18.7 Å². The summed E-state index contributed by atoms with van der Waals surface area (Å²) in [6.07, 6.45) is 1.84. The van der Waals surface area contributed by atoms with Crippen molar-refractivity contribution in [3.8, 4) is 0 Å². The van der Waals surface area contributed by atoms with Gasteiger partial charge in [0.15, 0.2) is 0 Å². The Hall–Kier alpha value is -0.870. The fraction of sp³-hybridized carbons (Fsp3) is 0.455. The Morgan fingerprint density at radius 2 is 2.25 bits per heavy atom. The van der Waals surface area contributed by atoms with Crippen molar-refractivity contribution in [3.05, 3.63) is 33.5 Å². The Balaban J connectivity index is 2.44. The molecular formula is C11H14ClN3S. The predicted octanol–water partition coefficient (Wildman–Crippen LogP) is 3.55. The monoisotopic (exact) mass is 255 g/mol. The van der Waals surface area contributed by atoms with Crippen molar-refractivity contribution in [2.45, 2.75) is 32.7 Å². The summed E-state index contributed by atoms with van der Waals surface area (Å²) in [5.74, 6) is 0.949. The molecule has 0 N–H and O–H groups in total. The lowest BCUT2D eigenvalue weighted by Crippen LogP contribution is -2.11. The lowest BCUT2D eigenvalue weighted by Gasteiger charge is -2.17. The third kappa shape index (κ3) is 1.99. The number of aromatic nitrogens is 3. The van der Waals surface area contributed by atoms with E-state index in [2.05, 4.69) is 41.6 Å². The van der Waals surface area contributed by atoms with Crippen LogP contribution in [0.25, 0.3) is 0 Å². The molecule has 1 atom stereocenters. The van der Waals surface area contributed by atoms with Gasteiger partial charge in [-0.2, -0.15) is 0 Å². The zero-order valence-corrected chi connectivity index (χ0v) is 10.9. The van der Waals surface area contributed by atoms with Crippen LogP contribution in [0, 0.1) is 0 Å². The quantitative estimate of drug-likeness (QED) is 0.837. The Bertz CT molecular complexity index is 450. The number of halogens is 1. The molecule has 0 bridgehead atoms. The van der Waals surface area contributed by atoms with E-state index in [9.17, 15) is 0 Å². The molecule has 0 fully saturated rings. The number of thiophene rings is 1. The van der Waals surface area contributed by atoms with Crippen LogP contribution in [-0.4, -0.2) is 14.8 Å². The summed E-state index contributed by atoms with van der Waals surface area (Å²) < 4.78 is 2.04. The minimum Gasteiger partial charge on any atom is -0.293 e. The van der Waals surface area contributed by atoms with Gasteiger partial charge in [0.05, 0.1) is 6.04 Å². The smallest absolute Gasteiger partial charge is 0.225 e. The highest BCUT2D eigenvalue weighted by Crippen LogP contribution is 2.29. The number of aryl methyl sites for hydroxylation is 1. The molecule has 2 aromatic heterocycles. The van der Waals surface area contributed by atoms with Gasteiger partial charge in [-0.05, 0) is 29.5 Å². The zero-order chi connectivity index (χ0) is 11.5. The van der Waals surface area contributed by atoms with E-state index in [4.69, 9.17) is 11.6 Å². The SMILES string of the molecule is CCc1nnc(Cl)n1C(CC)c1cccs1. The fourth-order valence-electron chi connectivity index (χ4n) is 1.84. The number of rotatable bonds is 4. The summed E-state index contributed by atoms with van der Waals surface area (Å²) in [5.41, 5.74) is 0. The molecule has 0 saturated heterocycles. The highest BCUT2D eigenvalue weighted by molar-refractivity contribution is 7.10. The number of hydrogen-bond acceptors (Lipinski definition) is 3. The van der Waals surface area contributed by atoms with Crippen LogP contribution >= 0.6 is 22.9 Å². The Kier molecular flexibility index (Phi) is 3.61. The van der Waals surface area contributed by atoms with Gasteiger partial charge in [0, 0.05) is 11.3 Å². The summed E-state index contributed by atoms with van der Waals surface area (Å²) in [5, 5.41) is 10.6. The van der Waals surface area contributed by atoms with Crippen LogP contribution in [0.2, 0.25) is 5.28 Å². The summed E-state index contributed by atoms with van der Waals surface area (Å²) in [6, 6.07) is 4.46. The van der Waals surface area contributed by atoms with Gasteiger partial charge in [-0.25, -0.2) is 0 Å². The molecule has 2 aromatic rings. The molecule has 5 heteroatoms.